The first-order valence-electron chi connectivity index (χ1n) is 3.15. The molecule has 1 aliphatic heterocycles. The Morgan fingerprint density at radius 3 is 2.45 bits per heavy atom. The molecule has 0 aromatic carbocycles. The molecule has 1 rings (SSSR count). The van der Waals surface area contributed by atoms with Crippen LogP contribution in [-0.2, 0) is 14.3 Å². The molecule has 0 saturated carbocycles. The lowest BCUT2D eigenvalue weighted by molar-refractivity contribution is -0.164. The highest BCUT2D eigenvalue weighted by Crippen LogP contribution is 2.16. The molecule has 0 fully saturated rings. The highest BCUT2D eigenvalue weighted by molar-refractivity contribution is 6.02. The monoisotopic (exact) mass is 156 g/mol. The normalized spacial score (nSPS) is 25.5. The zero-order valence-electron chi connectivity index (χ0n) is 6.25. The molecule has 0 amide bonds. The highest BCUT2D eigenvalue weighted by Gasteiger charge is 2.30. The summed E-state index contributed by atoms with van der Waals surface area (Å²) in [6, 6.07) is 0. The van der Waals surface area contributed by atoms with E-state index in [1.54, 1.807) is 0 Å². The van der Waals surface area contributed by atoms with E-state index in [1.807, 2.05) is 0 Å². The van der Waals surface area contributed by atoms with E-state index >= 15 is 0 Å². The lowest BCUT2D eigenvalue weighted by Gasteiger charge is -2.17. The molecular formula is C7H8O4. The summed E-state index contributed by atoms with van der Waals surface area (Å²) in [6.45, 7) is 3.03. The molecule has 0 aromatic rings. The van der Waals surface area contributed by atoms with Crippen molar-refractivity contribution in [2.24, 2.45) is 0 Å². The first-order chi connectivity index (χ1) is 5.04. The lowest BCUT2D eigenvalue weighted by atomic mass is 10.0. The maximum absolute atomic E-state index is 10.7. The number of esters is 2. The van der Waals surface area contributed by atoms with E-state index in [0.29, 0.717) is 11.1 Å². The second-order valence-corrected chi connectivity index (χ2v) is 2.42. The Morgan fingerprint density at radius 1 is 1.36 bits per heavy atom. The Hall–Kier alpha value is -1.16. The van der Waals surface area contributed by atoms with Gasteiger partial charge in [-0.25, -0.2) is 9.59 Å². The quantitative estimate of drug-likeness (QED) is 0.388. The van der Waals surface area contributed by atoms with Gasteiger partial charge in [-0.05, 0) is 19.4 Å². The van der Waals surface area contributed by atoms with Gasteiger partial charge in [0.25, 0.3) is 0 Å². The third kappa shape index (κ3) is 1.17. The fourth-order valence-electron chi connectivity index (χ4n) is 0.767. The van der Waals surface area contributed by atoms with Crippen LogP contribution in [0.2, 0.25) is 0 Å². The van der Waals surface area contributed by atoms with Gasteiger partial charge < -0.3 is 9.84 Å². The van der Waals surface area contributed by atoms with Crippen molar-refractivity contribution in [3.8, 4) is 0 Å². The summed E-state index contributed by atoms with van der Waals surface area (Å²) >= 11 is 0. The van der Waals surface area contributed by atoms with Crippen molar-refractivity contribution < 1.29 is 19.4 Å². The van der Waals surface area contributed by atoms with Crippen LogP contribution in [0.3, 0.4) is 0 Å². The summed E-state index contributed by atoms with van der Waals surface area (Å²) in [5, 5.41) is 9.05. The van der Waals surface area contributed by atoms with Crippen molar-refractivity contribution >= 4 is 11.9 Å². The van der Waals surface area contributed by atoms with Gasteiger partial charge in [0.1, 0.15) is 0 Å². The Bertz CT molecular complexity index is 251. The van der Waals surface area contributed by atoms with Gasteiger partial charge in [0.2, 0.25) is 0 Å². The molecule has 1 N–H and O–H groups in total. The maximum atomic E-state index is 10.7. The maximum Gasteiger partial charge on any atom is 0.347 e. The van der Waals surface area contributed by atoms with Crippen LogP contribution in [0.5, 0.6) is 0 Å². The number of aliphatic hydroxyl groups excluding tert-OH is 1. The van der Waals surface area contributed by atoms with Crippen LogP contribution in [0.1, 0.15) is 13.8 Å². The predicted octanol–water partition coefficient (Wildman–Crippen LogP) is -0.233. The number of hydrogen-bond acceptors (Lipinski definition) is 4. The van der Waals surface area contributed by atoms with Crippen LogP contribution in [-0.4, -0.2) is 23.1 Å². The van der Waals surface area contributed by atoms with Crippen molar-refractivity contribution in [1.82, 2.24) is 0 Å². The van der Waals surface area contributed by atoms with Gasteiger partial charge in [-0.1, -0.05) is 0 Å². The summed E-state index contributed by atoms with van der Waals surface area (Å²) in [7, 11) is 0. The molecule has 4 heteroatoms. The van der Waals surface area contributed by atoms with Crippen molar-refractivity contribution in [2.45, 2.75) is 20.0 Å². The van der Waals surface area contributed by atoms with Crippen molar-refractivity contribution in [3.63, 3.8) is 0 Å². The van der Waals surface area contributed by atoms with E-state index in [4.69, 9.17) is 5.11 Å². The SMILES string of the molecule is CC1=C(C)C(O)C(=O)OC1=O. The minimum atomic E-state index is -1.27. The Morgan fingerprint density at radius 2 is 1.91 bits per heavy atom. The third-order valence-corrected chi connectivity index (χ3v) is 1.72. The van der Waals surface area contributed by atoms with Crippen molar-refractivity contribution in [3.05, 3.63) is 11.1 Å². The number of hydrogen-bond donors (Lipinski definition) is 1. The van der Waals surface area contributed by atoms with Crippen LogP contribution < -0.4 is 0 Å². The Kier molecular flexibility index (Phi) is 1.78. The van der Waals surface area contributed by atoms with Crippen LogP contribution in [0.15, 0.2) is 11.1 Å². The average molecular weight is 156 g/mol. The lowest BCUT2D eigenvalue weighted by Crippen LogP contribution is -2.33. The second-order valence-electron chi connectivity index (χ2n) is 2.42. The molecule has 0 bridgehead atoms. The molecule has 1 atom stereocenters. The molecule has 0 aromatic heterocycles. The average Bonchev–Trinajstić information content (AvgIpc) is 1.97. The molecular weight excluding hydrogens is 148 g/mol. The van der Waals surface area contributed by atoms with Crippen molar-refractivity contribution in [2.75, 3.05) is 0 Å². The van der Waals surface area contributed by atoms with Crippen LogP contribution >= 0.6 is 0 Å². The predicted molar refractivity (Wildman–Crippen MR) is 35.5 cm³/mol. The minimum absolute atomic E-state index is 0.303. The van der Waals surface area contributed by atoms with Gasteiger partial charge in [-0.3, -0.25) is 0 Å². The standard InChI is InChI=1S/C7H8O4/c1-3-4(2)6(9)11-7(10)5(3)8/h5,8H,1-2H3. The molecule has 0 aliphatic carbocycles. The molecule has 11 heavy (non-hydrogen) atoms. The van der Waals surface area contributed by atoms with Crippen LogP contribution in [0.4, 0.5) is 0 Å². The molecule has 0 saturated heterocycles. The van der Waals surface area contributed by atoms with E-state index in [-0.39, 0.29) is 0 Å². The molecule has 4 nitrogen and oxygen atoms in total. The molecule has 0 radical (unpaired) electrons. The number of carbonyl (C=O) groups excluding carboxylic acids is 2. The largest absolute Gasteiger partial charge is 0.387 e. The minimum Gasteiger partial charge on any atom is -0.387 e. The number of carbonyl (C=O) groups is 2. The van der Waals surface area contributed by atoms with E-state index < -0.39 is 18.0 Å². The van der Waals surface area contributed by atoms with Gasteiger partial charge in [0.15, 0.2) is 6.10 Å². The smallest absolute Gasteiger partial charge is 0.347 e. The zero-order valence-corrected chi connectivity index (χ0v) is 6.25. The first kappa shape index (κ1) is 7.94. The fourth-order valence-corrected chi connectivity index (χ4v) is 0.767. The highest BCUT2D eigenvalue weighted by atomic mass is 16.6. The molecule has 0 spiro atoms. The second kappa shape index (κ2) is 2.47. The summed E-state index contributed by atoms with van der Waals surface area (Å²) in [4.78, 5) is 21.4. The van der Waals surface area contributed by atoms with Gasteiger partial charge in [-0.2, -0.15) is 0 Å². The first-order valence-corrected chi connectivity index (χ1v) is 3.15. The topological polar surface area (TPSA) is 63.6 Å². The van der Waals surface area contributed by atoms with E-state index in [9.17, 15) is 9.59 Å². The Labute approximate surface area is 63.5 Å². The summed E-state index contributed by atoms with van der Waals surface area (Å²) < 4.78 is 4.20. The van der Waals surface area contributed by atoms with Gasteiger partial charge >= 0.3 is 11.9 Å². The van der Waals surface area contributed by atoms with Gasteiger partial charge in [0.05, 0.1) is 0 Å². The van der Waals surface area contributed by atoms with E-state index in [0.717, 1.165) is 0 Å². The third-order valence-electron chi connectivity index (χ3n) is 1.72. The summed E-state index contributed by atoms with van der Waals surface area (Å²) in [5.41, 5.74) is 0.670. The van der Waals surface area contributed by atoms with Gasteiger partial charge in [-0.15, -0.1) is 0 Å². The van der Waals surface area contributed by atoms with Crippen LogP contribution in [0.25, 0.3) is 0 Å². The molecule has 60 valence electrons. The fraction of sp³-hybridized carbons (Fsp3) is 0.429. The summed E-state index contributed by atoms with van der Waals surface area (Å²) in [5.74, 6) is -1.56. The summed E-state index contributed by atoms with van der Waals surface area (Å²) in [6.07, 6.45) is -1.27. The van der Waals surface area contributed by atoms with Crippen molar-refractivity contribution in [1.29, 1.82) is 0 Å². The zero-order chi connectivity index (χ0) is 8.59. The number of cyclic esters (lactones) is 2. The van der Waals surface area contributed by atoms with Gasteiger partial charge in [0, 0.05) is 5.57 Å². The van der Waals surface area contributed by atoms with E-state index in [2.05, 4.69) is 4.74 Å². The Balaban J connectivity index is 3.08. The molecule has 1 aliphatic rings. The number of rotatable bonds is 0. The van der Waals surface area contributed by atoms with Crippen LogP contribution in [0, 0.1) is 0 Å². The molecule has 1 unspecified atom stereocenters. The number of ether oxygens (including phenoxy) is 1. The molecule has 1 heterocycles. The number of aliphatic hydroxyl groups is 1. The van der Waals surface area contributed by atoms with E-state index in [1.165, 1.54) is 13.8 Å².